The molecule has 0 spiro atoms. The molecular weight excluding hydrogens is 446 g/mol. The number of hydrogen-bond donors (Lipinski definition) is 2. The maximum atomic E-state index is 10.5. The van der Waals surface area contributed by atoms with E-state index in [0.717, 1.165) is 62.2 Å². The van der Waals surface area contributed by atoms with Crippen LogP contribution >= 0.6 is 0 Å². The Labute approximate surface area is 208 Å². The van der Waals surface area contributed by atoms with Crippen molar-refractivity contribution in [1.82, 2.24) is 20.3 Å². The van der Waals surface area contributed by atoms with Crippen molar-refractivity contribution in [2.24, 2.45) is 0 Å². The van der Waals surface area contributed by atoms with E-state index in [1.54, 1.807) is 6.20 Å². The van der Waals surface area contributed by atoms with Gasteiger partial charge in [0, 0.05) is 42.7 Å². The molecule has 192 valence electrons. The standard InChI is InChI=1S/C26H39N5O4/c1-26(2,3)30-22(32)17-31(4)25-19-8-7-9-20(19)28-24(29-25)21-16-18(11-12-27-21)33-14-15-35-23-10-5-6-13-34-23/h11-12,16,22-23,30,32H,5-10,13-15,17H2,1-4H3. The Morgan fingerprint density at radius 1 is 1.20 bits per heavy atom. The molecule has 0 bridgehead atoms. The molecule has 35 heavy (non-hydrogen) atoms. The largest absolute Gasteiger partial charge is 0.491 e. The normalized spacial score (nSPS) is 18.8. The third-order valence-corrected chi connectivity index (χ3v) is 6.07. The van der Waals surface area contributed by atoms with E-state index in [-0.39, 0.29) is 11.8 Å². The quantitative estimate of drug-likeness (QED) is 0.388. The van der Waals surface area contributed by atoms with Crippen LogP contribution in [0, 0.1) is 0 Å². The number of aromatic nitrogens is 3. The zero-order valence-electron chi connectivity index (χ0n) is 21.4. The molecule has 4 rings (SSSR count). The molecule has 9 nitrogen and oxygen atoms in total. The molecule has 0 saturated carbocycles. The first kappa shape index (κ1) is 25.8. The van der Waals surface area contributed by atoms with Gasteiger partial charge in [-0.05, 0) is 65.4 Å². The van der Waals surface area contributed by atoms with Crippen LogP contribution in [0.4, 0.5) is 5.82 Å². The number of hydrogen-bond acceptors (Lipinski definition) is 9. The predicted molar refractivity (Wildman–Crippen MR) is 134 cm³/mol. The number of aliphatic hydroxyl groups excluding tert-OH is 1. The Hall–Kier alpha value is -2.33. The van der Waals surface area contributed by atoms with Gasteiger partial charge < -0.3 is 24.2 Å². The van der Waals surface area contributed by atoms with E-state index in [9.17, 15) is 5.11 Å². The third-order valence-electron chi connectivity index (χ3n) is 6.07. The number of aliphatic hydroxyl groups is 1. The highest BCUT2D eigenvalue weighted by molar-refractivity contribution is 5.59. The second kappa shape index (κ2) is 11.6. The van der Waals surface area contributed by atoms with Crippen molar-refractivity contribution in [3.63, 3.8) is 0 Å². The molecule has 1 aliphatic heterocycles. The average molecular weight is 486 g/mol. The number of rotatable bonds is 10. The number of fused-ring (bicyclic) bond motifs is 1. The van der Waals surface area contributed by atoms with Gasteiger partial charge in [-0.15, -0.1) is 0 Å². The number of ether oxygens (including phenoxy) is 3. The summed E-state index contributed by atoms with van der Waals surface area (Å²) >= 11 is 0. The van der Waals surface area contributed by atoms with Crippen LogP contribution in [0.2, 0.25) is 0 Å². The molecule has 1 aliphatic carbocycles. The van der Waals surface area contributed by atoms with E-state index in [1.807, 2.05) is 44.9 Å². The molecule has 2 N–H and O–H groups in total. The van der Waals surface area contributed by atoms with Gasteiger partial charge in [0.05, 0.1) is 13.2 Å². The lowest BCUT2D eigenvalue weighted by atomic mass is 10.1. The van der Waals surface area contributed by atoms with Gasteiger partial charge in [-0.25, -0.2) is 9.97 Å². The first-order valence-corrected chi connectivity index (χ1v) is 12.7. The number of nitrogens with one attached hydrogen (secondary N) is 1. The van der Waals surface area contributed by atoms with Gasteiger partial charge in [-0.2, -0.15) is 0 Å². The van der Waals surface area contributed by atoms with E-state index in [0.29, 0.717) is 37.0 Å². The van der Waals surface area contributed by atoms with Gasteiger partial charge >= 0.3 is 0 Å². The number of likely N-dealkylation sites (N-methyl/N-ethyl adjacent to an activating group) is 1. The van der Waals surface area contributed by atoms with Crippen LogP contribution in [-0.2, 0) is 22.3 Å². The van der Waals surface area contributed by atoms with Crippen molar-refractivity contribution in [3.05, 3.63) is 29.6 Å². The molecule has 3 heterocycles. The first-order chi connectivity index (χ1) is 16.8. The van der Waals surface area contributed by atoms with Gasteiger partial charge in [0.1, 0.15) is 30.1 Å². The zero-order chi connectivity index (χ0) is 24.8. The number of aryl methyl sites for hydroxylation is 1. The summed E-state index contributed by atoms with van der Waals surface area (Å²) in [6.45, 7) is 8.19. The monoisotopic (exact) mass is 485 g/mol. The maximum Gasteiger partial charge on any atom is 0.180 e. The van der Waals surface area contributed by atoms with Crippen LogP contribution < -0.4 is 15.0 Å². The van der Waals surface area contributed by atoms with E-state index >= 15 is 0 Å². The highest BCUT2D eigenvalue weighted by Crippen LogP contribution is 2.31. The van der Waals surface area contributed by atoms with Gasteiger partial charge in [-0.3, -0.25) is 10.3 Å². The van der Waals surface area contributed by atoms with Gasteiger partial charge in [0.2, 0.25) is 0 Å². The van der Waals surface area contributed by atoms with Crippen LogP contribution in [0.5, 0.6) is 5.75 Å². The van der Waals surface area contributed by atoms with E-state index < -0.39 is 6.23 Å². The van der Waals surface area contributed by atoms with Crippen molar-refractivity contribution in [2.45, 2.75) is 77.4 Å². The molecule has 0 radical (unpaired) electrons. The van der Waals surface area contributed by atoms with E-state index in [2.05, 4.69) is 10.3 Å². The Balaban J connectivity index is 1.43. The van der Waals surface area contributed by atoms with E-state index in [4.69, 9.17) is 24.2 Å². The minimum absolute atomic E-state index is 0.118. The molecule has 0 aromatic carbocycles. The summed E-state index contributed by atoms with van der Waals surface area (Å²) in [4.78, 5) is 16.2. The Bertz CT molecular complexity index is 975. The van der Waals surface area contributed by atoms with Gasteiger partial charge in [0.15, 0.2) is 12.1 Å². The van der Waals surface area contributed by atoms with Crippen molar-refractivity contribution < 1.29 is 19.3 Å². The summed E-state index contributed by atoms with van der Waals surface area (Å²) in [7, 11) is 1.96. The second-order valence-electron chi connectivity index (χ2n) is 10.3. The molecule has 9 heteroatoms. The van der Waals surface area contributed by atoms with Gasteiger partial charge in [-0.1, -0.05) is 0 Å². The number of anilines is 1. The second-order valence-corrected chi connectivity index (χ2v) is 10.3. The highest BCUT2D eigenvalue weighted by Gasteiger charge is 2.24. The fourth-order valence-electron chi connectivity index (χ4n) is 4.54. The number of pyridine rings is 1. The molecule has 0 amide bonds. The molecule has 1 saturated heterocycles. The van der Waals surface area contributed by atoms with Crippen LogP contribution in [0.1, 0.15) is 57.7 Å². The SMILES string of the molecule is CN(CC(O)NC(C)(C)C)c1nc(-c2cc(OCCOC3CCCCO3)ccn2)nc2c1CCC2. The first-order valence-electron chi connectivity index (χ1n) is 12.7. The molecule has 2 aromatic heterocycles. The molecule has 1 fully saturated rings. The maximum absolute atomic E-state index is 10.5. The lowest BCUT2D eigenvalue weighted by molar-refractivity contribution is -0.165. The Morgan fingerprint density at radius 3 is 2.83 bits per heavy atom. The minimum atomic E-state index is -0.674. The average Bonchev–Trinajstić information content (AvgIpc) is 3.29. The lowest BCUT2D eigenvalue weighted by Crippen LogP contribution is -2.48. The summed E-state index contributed by atoms with van der Waals surface area (Å²) in [5, 5.41) is 13.7. The minimum Gasteiger partial charge on any atom is -0.491 e. The van der Waals surface area contributed by atoms with Gasteiger partial charge in [0.25, 0.3) is 0 Å². The third kappa shape index (κ3) is 7.33. The molecular formula is C26H39N5O4. The predicted octanol–water partition coefficient (Wildman–Crippen LogP) is 3.09. The van der Waals surface area contributed by atoms with Crippen molar-refractivity contribution in [3.8, 4) is 17.3 Å². The smallest absolute Gasteiger partial charge is 0.180 e. The van der Waals surface area contributed by atoms with E-state index in [1.165, 1.54) is 0 Å². The summed E-state index contributed by atoms with van der Waals surface area (Å²) in [6.07, 6.45) is 7.03. The lowest BCUT2D eigenvalue weighted by Gasteiger charge is -2.29. The van der Waals surface area contributed by atoms with Crippen LogP contribution in [0.25, 0.3) is 11.5 Å². The fraction of sp³-hybridized carbons (Fsp3) is 0.654. The molecule has 2 unspecified atom stereocenters. The zero-order valence-corrected chi connectivity index (χ0v) is 21.4. The molecule has 2 aliphatic rings. The van der Waals surface area contributed by atoms with Crippen LogP contribution in [-0.4, -0.2) is 71.5 Å². The highest BCUT2D eigenvalue weighted by atomic mass is 16.7. The Morgan fingerprint density at radius 2 is 2.06 bits per heavy atom. The Kier molecular flexibility index (Phi) is 8.54. The van der Waals surface area contributed by atoms with Crippen molar-refractivity contribution in [1.29, 1.82) is 0 Å². The fourth-order valence-corrected chi connectivity index (χ4v) is 4.54. The summed E-state index contributed by atoms with van der Waals surface area (Å²) in [5.74, 6) is 2.13. The summed E-state index contributed by atoms with van der Waals surface area (Å²) in [5.41, 5.74) is 2.70. The van der Waals surface area contributed by atoms with Crippen molar-refractivity contribution >= 4 is 5.82 Å². The summed E-state index contributed by atoms with van der Waals surface area (Å²) in [6, 6.07) is 3.70. The molecule has 2 aromatic rings. The summed E-state index contributed by atoms with van der Waals surface area (Å²) < 4.78 is 17.2. The molecule has 2 atom stereocenters. The van der Waals surface area contributed by atoms with Crippen LogP contribution in [0.15, 0.2) is 18.3 Å². The topological polar surface area (TPSA) is 102 Å². The number of nitrogens with zero attached hydrogens (tertiary/aromatic N) is 4. The van der Waals surface area contributed by atoms with Crippen molar-refractivity contribution in [2.75, 3.05) is 38.3 Å². The van der Waals surface area contributed by atoms with Crippen LogP contribution in [0.3, 0.4) is 0 Å².